The molecule has 0 unspecified atom stereocenters. The molecule has 5 nitrogen and oxygen atoms in total. The predicted octanol–water partition coefficient (Wildman–Crippen LogP) is 4.74. The summed E-state index contributed by atoms with van der Waals surface area (Å²) < 4.78 is 5.60. The van der Waals surface area contributed by atoms with Crippen molar-refractivity contribution in [3.63, 3.8) is 0 Å². The normalized spacial score (nSPS) is 23.6. The number of hydrogen-bond donors (Lipinski definition) is 1. The molecule has 6 heteroatoms. The highest BCUT2D eigenvalue weighted by Gasteiger charge is 2.51. The summed E-state index contributed by atoms with van der Waals surface area (Å²) in [5.74, 6) is 1.03. The molecule has 1 spiro atoms. The van der Waals surface area contributed by atoms with Gasteiger partial charge >= 0.3 is 0 Å². The molecule has 4 rings (SSSR count). The number of amides is 1. The van der Waals surface area contributed by atoms with E-state index in [1.54, 1.807) is 7.11 Å². The monoisotopic (exact) mass is 435 g/mol. The van der Waals surface area contributed by atoms with E-state index < -0.39 is 5.54 Å². The molecule has 1 aromatic carbocycles. The molecule has 2 saturated heterocycles. The Morgan fingerprint density at radius 3 is 2.20 bits per heavy atom. The number of nitrogens with one attached hydrogen (secondary N) is 1. The fourth-order valence-corrected chi connectivity index (χ4v) is 5.67. The van der Waals surface area contributed by atoms with E-state index in [2.05, 4.69) is 21.2 Å². The molecule has 1 aromatic rings. The van der Waals surface area contributed by atoms with Gasteiger partial charge in [0.15, 0.2) is 0 Å². The van der Waals surface area contributed by atoms with E-state index in [1.165, 1.54) is 57.8 Å². The maximum absolute atomic E-state index is 13.0. The molecule has 0 bridgehead atoms. The van der Waals surface area contributed by atoms with E-state index in [4.69, 9.17) is 4.74 Å². The van der Waals surface area contributed by atoms with Crippen molar-refractivity contribution < 1.29 is 9.53 Å². The minimum Gasteiger partial charge on any atom is -0.495 e. The van der Waals surface area contributed by atoms with Gasteiger partial charge in [0.05, 0.1) is 19.5 Å². The lowest BCUT2D eigenvalue weighted by molar-refractivity contribution is -0.125. The van der Waals surface area contributed by atoms with Gasteiger partial charge in [-0.1, -0.05) is 57.1 Å². The highest BCUT2D eigenvalue weighted by molar-refractivity contribution is 5.94. The first-order valence-electron chi connectivity index (χ1n) is 11.7. The number of rotatable bonds is 3. The summed E-state index contributed by atoms with van der Waals surface area (Å²) in [5.41, 5.74) is 0.599. The van der Waals surface area contributed by atoms with Gasteiger partial charge in [-0.25, -0.2) is 0 Å². The van der Waals surface area contributed by atoms with Crippen molar-refractivity contribution in [3.05, 3.63) is 24.3 Å². The minimum atomic E-state index is -0.429. The molecule has 1 aliphatic carbocycles. The topological polar surface area (TPSA) is 44.8 Å². The summed E-state index contributed by atoms with van der Waals surface area (Å²) in [6.45, 7) is 2.61. The first kappa shape index (κ1) is 23.2. The smallest absolute Gasteiger partial charge is 0.247 e. The van der Waals surface area contributed by atoms with E-state index in [9.17, 15) is 4.79 Å². The van der Waals surface area contributed by atoms with Gasteiger partial charge in [-0.05, 0) is 37.8 Å². The van der Waals surface area contributed by atoms with Crippen molar-refractivity contribution in [2.45, 2.75) is 82.2 Å². The van der Waals surface area contributed by atoms with Gasteiger partial charge in [0.1, 0.15) is 11.3 Å². The summed E-state index contributed by atoms with van der Waals surface area (Å²) in [6, 6.07) is 8.79. The second kappa shape index (κ2) is 10.7. The second-order valence-electron chi connectivity index (χ2n) is 9.04. The van der Waals surface area contributed by atoms with Crippen LogP contribution in [0.15, 0.2) is 24.3 Å². The average molecular weight is 436 g/mol. The Morgan fingerprint density at radius 2 is 1.57 bits per heavy atom. The summed E-state index contributed by atoms with van der Waals surface area (Å²) in [6.07, 6.45) is 14.2. The van der Waals surface area contributed by atoms with Gasteiger partial charge < -0.3 is 19.9 Å². The van der Waals surface area contributed by atoms with Crippen LogP contribution in [0, 0.1) is 0 Å². The number of piperidine rings is 1. The van der Waals surface area contributed by atoms with E-state index in [0.717, 1.165) is 37.4 Å². The molecule has 1 saturated carbocycles. The molecule has 2 aliphatic heterocycles. The zero-order chi connectivity index (χ0) is 20.1. The highest BCUT2D eigenvalue weighted by atomic mass is 35.5. The number of methoxy groups -OCH3 is 1. The summed E-state index contributed by atoms with van der Waals surface area (Å²) in [7, 11) is 1.71. The zero-order valence-electron chi connectivity index (χ0n) is 18.4. The van der Waals surface area contributed by atoms with E-state index in [-0.39, 0.29) is 18.3 Å². The Labute approximate surface area is 187 Å². The van der Waals surface area contributed by atoms with Crippen molar-refractivity contribution in [1.82, 2.24) is 10.2 Å². The van der Waals surface area contributed by atoms with Crippen LogP contribution in [-0.4, -0.2) is 49.3 Å². The van der Waals surface area contributed by atoms with Gasteiger partial charge in [-0.15, -0.1) is 12.4 Å². The first-order valence-corrected chi connectivity index (χ1v) is 11.7. The molecule has 1 N–H and O–H groups in total. The van der Waals surface area contributed by atoms with Crippen LogP contribution in [0.25, 0.3) is 0 Å². The molecule has 0 radical (unpaired) electrons. The zero-order valence-corrected chi connectivity index (χ0v) is 19.2. The Morgan fingerprint density at radius 1 is 0.967 bits per heavy atom. The van der Waals surface area contributed by atoms with E-state index >= 15 is 0 Å². The molecule has 3 aliphatic rings. The lowest BCUT2D eigenvalue weighted by Crippen LogP contribution is -2.57. The van der Waals surface area contributed by atoms with Gasteiger partial charge in [-0.3, -0.25) is 4.79 Å². The standard InChI is InChI=1S/C24H37N3O2.ClH/c1-29-22-14-10-9-13-21(22)27-19-25-23(28)24(27)15-17-26(18-16-24)20-11-7-5-3-2-4-6-8-12-20;/h9-10,13-14,20H,2-8,11-12,15-19H2,1H3,(H,25,28);1H. The number of para-hydroxylation sites is 2. The molecule has 2 heterocycles. The molecule has 168 valence electrons. The quantitative estimate of drug-likeness (QED) is 0.744. The number of ether oxygens (including phenoxy) is 1. The predicted molar refractivity (Wildman–Crippen MR) is 125 cm³/mol. The third-order valence-corrected chi connectivity index (χ3v) is 7.43. The van der Waals surface area contributed by atoms with Crippen LogP contribution in [0.3, 0.4) is 0 Å². The lowest BCUT2D eigenvalue weighted by atomic mass is 9.84. The highest BCUT2D eigenvalue weighted by Crippen LogP contribution is 2.41. The SMILES string of the molecule is COc1ccccc1N1CNC(=O)C12CCN(C1CCCCCCCCC1)CC2.Cl. The Bertz CT molecular complexity index is 681. The van der Waals surface area contributed by atoms with Crippen LogP contribution in [0.1, 0.15) is 70.6 Å². The first-order chi connectivity index (χ1) is 14.2. The van der Waals surface area contributed by atoms with Crippen molar-refractivity contribution in [2.75, 3.05) is 31.8 Å². The molecule has 3 fully saturated rings. The van der Waals surface area contributed by atoms with Crippen molar-refractivity contribution >= 4 is 24.0 Å². The number of carbonyl (C=O) groups is 1. The number of nitrogens with zero attached hydrogens (tertiary/aromatic N) is 2. The number of halogens is 1. The third kappa shape index (κ3) is 4.72. The second-order valence-corrected chi connectivity index (χ2v) is 9.04. The van der Waals surface area contributed by atoms with Crippen molar-refractivity contribution in [1.29, 1.82) is 0 Å². The van der Waals surface area contributed by atoms with E-state index in [1.807, 2.05) is 18.2 Å². The van der Waals surface area contributed by atoms with Crippen LogP contribution in [-0.2, 0) is 4.79 Å². The maximum atomic E-state index is 13.0. The fraction of sp³-hybridized carbons (Fsp3) is 0.708. The van der Waals surface area contributed by atoms with Crippen LogP contribution in [0.4, 0.5) is 5.69 Å². The van der Waals surface area contributed by atoms with Gasteiger partial charge in [0.25, 0.3) is 0 Å². The van der Waals surface area contributed by atoms with Crippen LogP contribution in [0.5, 0.6) is 5.75 Å². The number of hydrogen-bond acceptors (Lipinski definition) is 4. The lowest BCUT2D eigenvalue weighted by Gasteiger charge is -2.46. The summed E-state index contributed by atoms with van der Waals surface area (Å²) in [4.78, 5) is 17.9. The van der Waals surface area contributed by atoms with Crippen LogP contribution in [0.2, 0.25) is 0 Å². The number of likely N-dealkylation sites (tertiary alicyclic amines) is 1. The third-order valence-electron chi connectivity index (χ3n) is 7.43. The van der Waals surface area contributed by atoms with Crippen LogP contribution >= 0.6 is 12.4 Å². The number of anilines is 1. The summed E-state index contributed by atoms with van der Waals surface area (Å²) in [5, 5.41) is 3.12. The Hall–Kier alpha value is -1.46. The molecule has 0 atom stereocenters. The van der Waals surface area contributed by atoms with Crippen LogP contribution < -0.4 is 15.0 Å². The van der Waals surface area contributed by atoms with Gasteiger partial charge in [-0.2, -0.15) is 0 Å². The molecule has 1 amide bonds. The van der Waals surface area contributed by atoms with E-state index in [0.29, 0.717) is 12.7 Å². The number of carbonyl (C=O) groups excluding carboxylic acids is 1. The molecular formula is C24H38ClN3O2. The van der Waals surface area contributed by atoms with Crippen molar-refractivity contribution in [2.24, 2.45) is 0 Å². The fourth-order valence-electron chi connectivity index (χ4n) is 5.67. The Balaban J connectivity index is 0.00000256. The summed E-state index contributed by atoms with van der Waals surface area (Å²) >= 11 is 0. The van der Waals surface area contributed by atoms with Crippen molar-refractivity contribution in [3.8, 4) is 5.75 Å². The number of benzene rings is 1. The molecule has 0 aromatic heterocycles. The van der Waals surface area contributed by atoms with Gasteiger partial charge in [0, 0.05) is 19.1 Å². The minimum absolute atomic E-state index is 0. The maximum Gasteiger partial charge on any atom is 0.247 e. The molecule has 30 heavy (non-hydrogen) atoms. The Kier molecular flexibility index (Phi) is 8.29. The van der Waals surface area contributed by atoms with Gasteiger partial charge in [0.2, 0.25) is 5.91 Å². The molecular weight excluding hydrogens is 398 g/mol. The largest absolute Gasteiger partial charge is 0.495 e. The average Bonchev–Trinajstić information content (AvgIpc) is 3.08.